The highest BCUT2D eigenvalue weighted by molar-refractivity contribution is 5.76. The summed E-state index contributed by atoms with van der Waals surface area (Å²) < 4.78 is 6.75. The predicted molar refractivity (Wildman–Crippen MR) is 67.4 cm³/mol. The van der Waals surface area contributed by atoms with E-state index in [4.69, 9.17) is 4.42 Å². The molecule has 0 bridgehead atoms. The molecule has 0 aliphatic rings. The SMILES string of the molecule is Cn1nccc1CNc1ccc2oc(=O)[nH]c2c1. The van der Waals surface area contributed by atoms with Gasteiger partial charge in [0, 0.05) is 18.9 Å². The minimum absolute atomic E-state index is 0.436. The number of anilines is 1. The van der Waals surface area contributed by atoms with Gasteiger partial charge in [0.15, 0.2) is 5.58 Å². The van der Waals surface area contributed by atoms with Crippen LogP contribution in [-0.4, -0.2) is 14.8 Å². The highest BCUT2D eigenvalue weighted by Gasteiger charge is 2.03. The molecule has 1 aromatic carbocycles. The second kappa shape index (κ2) is 4.06. The summed E-state index contributed by atoms with van der Waals surface area (Å²) >= 11 is 0. The molecular formula is C12H12N4O2. The Labute approximate surface area is 102 Å². The first kappa shape index (κ1) is 10.6. The van der Waals surface area contributed by atoms with Crippen LogP contribution in [0.3, 0.4) is 0 Å². The Morgan fingerprint density at radius 3 is 3.11 bits per heavy atom. The number of oxazole rings is 1. The molecule has 3 rings (SSSR count). The molecule has 0 unspecified atom stereocenters. The molecule has 2 N–H and O–H groups in total. The van der Waals surface area contributed by atoms with E-state index in [2.05, 4.69) is 15.4 Å². The molecule has 2 aromatic heterocycles. The van der Waals surface area contributed by atoms with Crippen molar-refractivity contribution in [1.29, 1.82) is 0 Å². The quantitative estimate of drug-likeness (QED) is 0.731. The monoisotopic (exact) mass is 244 g/mol. The summed E-state index contributed by atoms with van der Waals surface area (Å²) in [5.41, 5.74) is 3.25. The molecule has 92 valence electrons. The van der Waals surface area contributed by atoms with Gasteiger partial charge in [-0.2, -0.15) is 5.10 Å². The average Bonchev–Trinajstić information content (AvgIpc) is 2.90. The van der Waals surface area contributed by atoms with Crippen LogP contribution in [0.2, 0.25) is 0 Å². The molecule has 0 spiro atoms. The predicted octanol–water partition coefficient (Wildman–Crippen LogP) is 1.47. The maximum absolute atomic E-state index is 11.0. The lowest BCUT2D eigenvalue weighted by atomic mass is 10.3. The summed E-state index contributed by atoms with van der Waals surface area (Å²) in [5, 5.41) is 7.36. The van der Waals surface area contributed by atoms with E-state index < -0.39 is 5.76 Å². The van der Waals surface area contributed by atoms with Gasteiger partial charge in [-0.15, -0.1) is 0 Å². The molecule has 0 radical (unpaired) electrons. The number of hydrogen-bond donors (Lipinski definition) is 2. The summed E-state index contributed by atoms with van der Waals surface area (Å²) in [4.78, 5) is 13.7. The van der Waals surface area contributed by atoms with Crippen LogP contribution in [0.1, 0.15) is 5.69 Å². The Bertz CT molecular complexity index is 738. The van der Waals surface area contributed by atoms with Crippen molar-refractivity contribution in [2.45, 2.75) is 6.54 Å². The van der Waals surface area contributed by atoms with Crippen molar-refractivity contribution in [3.63, 3.8) is 0 Å². The lowest BCUT2D eigenvalue weighted by Gasteiger charge is -2.06. The second-order valence-corrected chi connectivity index (χ2v) is 4.03. The number of rotatable bonds is 3. The Hall–Kier alpha value is -2.50. The fourth-order valence-electron chi connectivity index (χ4n) is 1.83. The first-order valence-electron chi connectivity index (χ1n) is 5.56. The van der Waals surface area contributed by atoms with Crippen molar-refractivity contribution in [3.05, 3.63) is 46.7 Å². The van der Waals surface area contributed by atoms with Crippen LogP contribution in [-0.2, 0) is 13.6 Å². The number of aryl methyl sites for hydroxylation is 1. The van der Waals surface area contributed by atoms with Gasteiger partial charge in [0.25, 0.3) is 0 Å². The van der Waals surface area contributed by atoms with Crippen LogP contribution in [0.4, 0.5) is 5.69 Å². The third-order valence-electron chi connectivity index (χ3n) is 2.82. The molecule has 0 amide bonds. The van der Waals surface area contributed by atoms with Crippen LogP contribution in [0.25, 0.3) is 11.1 Å². The van der Waals surface area contributed by atoms with Crippen LogP contribution in [0.15, 0.2) is 39.7 Å². The van der Waals surface area contributed by atoms with E-state index >= 15 is 0 Å². The Balaban J connectivity index is 1.82. The molecule has 0 fully saturated rings. The highest BCUT2D eigenvalue weighted by atomic mass is 16.4. The van der Waals surface area contributed by atoms with Gasteiger partial charge in [-0.25, -0.2) is 4.79 Å². The van der Waals surface area contributed by atoms with Crippen molar-refractivity contribution in [1.82, 2.24) is 14.8 Å². The molecule has 18 heavy (non-hydrogen) atoms. The van der Waals surface area contributed by atoms with E-state index in [-0.39, 0.29) is 0 Å². The minimum Gasteiger partial charge on any atom is -0.408 e. The molecule has 3 aromatic rings. The van der Waals surface area contributed by atoms with Crippen molar-refractivity contribution < 1.29 is 4.42 Å². The van der Waals surface area contributed by atoms with Crippen LogP contribution < -0.4 is 11.1 Å². The number of aromatic nitrogens is 3. The Morgan fingerprint density at radius 2 is 2.33 bits per heavy atom. The zero-order chi connectivity index (χ0) is 12.5. The van der Waals surface area contributed by atoms with Crippen molar-refractivity contribution in [3.8, 4) is 0 Å². The molecule has 0 atom stereocenters. The molecule has 0 saturated carbocycles. The van der Waals surface area contributed by atoms with Crippen molar-refractivity contribution in [2.24, 2.45) is 7.05 Å². The first-order chi connectivity index (χ1) is 8.72. The van der Waals surface area contributed by atoms with E-state index in [0.717, 1.165) is 11.4 Å². The van der Waals surface area contributed by atoms with Gasteiger partial charge in [0.1, 0.15) is 0 Å². The summed E-state index contributed by atoms with van der Waals surface area (Å²) in [5.74, 6) is -0.436. The minimum atomic E-state index is -0.436. The number of fused-ring (bicyclic) bond motifs is 1. The third-order valence-corrected chi connectivity index (χ3v) is 2.82. The van der Waals surface area contributed by atoms with E-state index in [9.17, 15) is 4.79 Å². The first-order valence-corrected chi connectivity index (χ1v) is 5.56. The summed E-state index contributed by atoms with van der Waals surface area (Å²) in [6.07, 6.45) is 1.76. The molecule has 2 heterocycles. The van der Waals surface area contributed by atoms with Crippen LogP contribution in [0, 0.1) is 0 Å². The fraction of sp³-hybridized carbons (Fsp3) is 0.167. The van der Waals surface area contributed by atoms with Gasteiger partial charge < -0.3 is 9.73 Å². The van der Waals surface area contributed by atoms with Crippen LogP contribution in [0.5, 0.6) is 0 Å². The molecule has 0 saturated heterocycles. The molecule has 6 heteroatoms. The van der Waals surface area contributed by atoms with Crippen molar-refractivity contribution >= 4 is 16.8 Å². The van der Waals surface area contributed by atoms with E-state index in [1.165, 1.54) is 0 Å². The highest BCUT2D eigenvalue weighted by Crippen LogP contribution is 2.16. The number of H-pyrrole nitrogens is 1. The maximum atomic E-state index is 11.0. The van der Waals surface area contributed by atoms with Gasteiger partial charge in [-0.3, -0.25) is 9.67 Å². The average molecular weight is 244 g/mol. The zero-order valence-electron chi connectivity index (χ0n) is 9.80. The van der Waals surface area contributed by atoms with Gasteiger partial charge in [0.2, 0.25) is 0 Å². The topological polar surface area (TPSA) is 75.8 Å². The number of hydrogen-bond acceptors (Lipinski definition) is 4. The molecule has 6 nitrogen and oxygen atoms in total. The van der Waals surface area contributed by atoms with Gasteiger partial charge in [-0.1, -0.05) is 0 Å². The normalized spacial score (nSPS) is 10.9. The van der Waals surface area contributed by atoms with E-state index in [0.29, 0.717) is 17.6 Å². The lowest BCUT2D eigenvalue weighted by molar-refractivity contribution is 0.555. The summed E-state index contributed by atoms with van der Waals surface area (Å²) in [6, 6.07) is 7.43. The second-order valence-electron chi connectivity index (χ2n) is 4.03. The Morgan fingerprint density at radius 1 is 1.44 bits per heavy atom. The fourth-order valence-corrected chi connectivity index (χ4v) is 1.83. The third kappa shape index (κ3) is 1.88. The standard InChI is InChI=1S/C12H12N4O2/c1-16-9(4-5-14-16)7-13-8-2-3-11-10(6-8)15-12(17)18-11/h2-6,13H,7H2,1H3,(H,15,17). The van der Waals surface area contributed by atoms with E-state index in [1.807, 2.05) is 29.9 Å². The zero-order valence-corrected chi connectivity index (χ0v) is 9.80. The largest absolute Gasteiger partial charge is 0.417 e. The lowest BCUT2D eigenvalue weighted by Crippen LogP contribution is -2.05. The Kier molecular flexibility index (Phi) is 2.40. The van der Waals surface area contributed by atoms with Gasteiger partial charge >= 0.3 is 5.76 Å². The van der Waals surface area contributed by atoms with Gasteiger partial charge in [0.05, 0.1) is 17.8 Å². The summed E-state index contributed by atoms with van der Waals surface area (Å²) in [7, 11) is 1.90. The van der Waals surface area contributed by atoms with Gasteiger partial charge in [-0.05, 0) is 24.3 Å². The summed E-state index contributed by atoms with van der Waals surface area (Å²) in [6.45, 7) is 0.671. The number of aromatic amines is 1. The smallest absolute Gasteiger partial charge is 0.408 e. The number of nitrogens with one attached hydrogen (secondary N) is 2. The van der Waals surface area contributed by atoms with Crippen LogP contribution >= 0.6 is 0 Å². The molecule has 0 aliphatic heterocycles. The number of benzene rings is 1. The van der Waals surface area contributed by atoms with Crippen molar-refractivity contribution in [2.75, 3.05) is 5.32 Å². The molecule has 0 aliphatic carbocycles. The maximum Gasteiger partial charge on any atom is 0.417 e. The number of nitrogens with zero attached hydrogens (tertiary/aromatic N) is 2. The molecular weight excluding hydrogens is 232 g/mol. The van der Waals surface area contributed by atoms with E-state index in [1.54, 1.807) is 12.3 Å².